The van der Waals surface area contributed by atoms with Crippen LogP contribution in [-0.4, -0.2) is 11.9 Å². The second kappa shape index (κ2) is 5.76. The zero-order valence-corrected chi connectivity index (χ0v) is 13.1. The fourth-order valence-corrected chi connectivity index (χ4v) is 2.48. The summed E-state index contributed by atoms with van der Waals surface area (Å²) >= 11 is 0. The molecule has 1 saturated heterocycles. The first-order valence-electron chi connectivity index (χ1n) is 7.40. The maximum atomic E-state index is 11.9. The number of rotatable bonds is 4. The van der Waals surface area contributed by atoms with Crippen LogP contribution in [0.5, 0.6) is 5.75 Å². The lowest BCUT2D eigenvalue weighted by Crippen LogP contribution is -2.40. The van der Waals surface area contributed by atoms with Gasteiger partial charge in [-0.1, -0.05) is 42.0 Å². The number of carbonyl (C=O) groups is 2. The maximum absolute atomic E-state index is 11.9. The summed E-state index contributed by atoms with van der Waals surface area (Å²) in [6.45, 7) is 4.20. The van der Waals surface area contributed by atoms with Crippen LogP contribution in [0.1, 0.15) is 23.6 Å². The molecule has 3 amide bonds. The fraction of sp³-hybridized carbons (Fsp3) is 0.222. The van der Waals surface area contributed by atoms with E-state index in [0.29, 0.717) is 17.9 Å². The largest absolute Gasteiger partial charge is 0.489 e. The van der Waals surface area contributed by atoms with Crippen molar-refractivity contribution < 1.29 is 14.3 Å². The number of hydrogen-bond acceptors (Lipinski definition) is 3. The van der Waals surface area contributed by atoms with Crippen LogP contribution in [0.4, 0.5) is 4.79 Å². The number of aryl methyl sites for hydroxylation is 1. The number of nitrogens with one attached hydrogen (secondary N) is 2. The predicted octanol–water partition coefficient (Wildman–Crippen LogP) is 2.63. The van der Waals surface area contributed by atoms with Gasteiger partial charge in [0.1, 0.15) is 17.9 Å². The summed E-state index contributed by atoms with van der Waals surface area (Å²) < 4.78 is 5.74. The van der Waals surface area contributed by atoms with Crippen LogP contribution in [0, 0.1) is 6.92 Å². The lowest BCUT2D eigenvalue weighted by Gasteiger charge is -2.21. The number of urea groups is 1. The Hall–Kier alpha value is -2.82. The van der Waals surface area contributed by atoms with Gasteiger partial charge in [0.05, 0.1) is 0 Å². The normalized spacial score (nSPS) is 20.1. The van der Waals surface area contributed by atoms with Crippen molar-refractivity contribution >= 4 is 11.9 Å². The number of imide groups is 1. The molecule has 0 unspecified atom stereocenters. The molecule has 0 aliphatic carbocycles. The molecule has 5 heteroatoms. The SMILES string of the molecule is Cc1ccc(COc2ccc([C@]3(C)NC(=O)NC3=O)cc2)cc1. The van der Waals surface area contributed by atoms with E-state index in [0.717, 1.165) is 5.56 Å². The van der Waals surface area contributed by atoms with Gasteiger partial charge in [-0.15, -0.1) is 0 Å². The van der Waals surface area contributed by atoms with E-state index >= 15 is 0 Å². The summed E-state index contributed by atoms with van der Waals surface area (Å²) in [6.07, 6.45) is 0. The van der Waals surface area contributed by atoms with Crippen molar-refractivity contribution in [1.29, 1.82) is 0 Å². The van der Waals surface area contributed by atoms with E-state index < -0.39 is 11.6 Å². The van der Waals surface area contributed by atoms with Gasteiger partial charge in [0, 0.05) is 0 Å². The quantitative estimate of drug-likeness (QED) is 0.853. The van der Waals surface area contributed by atoms with Gasteiger partial charge in [0.25, 0.3) is 5.91 Å². The van der Waals surface area contributed by atoms with Crippen LogP contribution < -0.4 is 15.4 Å². The van der Waals surface area contributed by atoms with Gasteiger partial charge < -0.3 is 10.1 Å². The molecule has 1 atom stereocenters. The third-order valence-electron chi connectivity index (χ3n) is 4.00. The van der Waals surface area contributed by atoms with Crippen LogP contribution >= 0.6 is 0 Å². The van der Waals surface area contributed by atoms with Gasteiger partial charge in [-0.2, -0.15) is 0 Å². The first-order valence-corrected chi connectivity index (χ1v) is 7.40. The minimum absolute atomic E-state index is 0.351. The minimum Gasteiger partial charge on any atom is -0.489 e. The van der Waals surface area contributed by atoms with Gasteiger partial charge in [0.15, 0.2) is 0 Å². The second-order valence-electron chi connectivity index (χ2n) is 5.83. The van der Waals surface area contributed by atoms with Crippen molar-refractivity contribution in [2.75, 3.05) is 0 Å². The van der Waals surface area contributed by atoms with Crippen molar-refractivity contribution in [2.45, 2.75) is 26.0 Å². The van der Waals surface area contributed by atoms with Gasteiger partial charge in [-0.3, -0.25) is 10.1 Å². The van der Waals surface area contributed by atoms with Crippen LogP contribution in [0.25, 0.3) is 0 Å². The lowest BCUT2D eigenvalue weighted by molar-refractivity contribution is -0.123. The van der Waals surface area contributed by atoms with Crippen molar-refractivity contribution in [3.05, 3.63) is 65.2 Å². The molecule has 1 fully saturated rings. The zero-order valence-electron chi connectivity index (χ0n) is 13.1. The number of carbonyl (C=O) groups excluding carboxylic acids is 2. The first-order chi connectivity index (χ1) is 11.0. The summed E-state index contributed by atoms with van der Waals surface area (Å²) in [6, 6.07) is 14.8. The molecule has 23 heavy (non-hydrogen) atoms. The fourth-order valence-electron chi connectivity index (χ4n) is 2.48. The van der Waals surface area contributed by atoms with Gasteiger partial charge in [-0.05, 0) is 37.1 Å². The molecule has 0 spiro atoms. The molecular weight excluding hydrogens is 292 g/mol. The third kappa shape index (κ3) is 3.04. The van der Waals surface area contributed by atoms with E-state index in [9.17, 15) is 9.59 Å². The molecule has 0 bridgehead atoms. The summed E-state index contributed by atoms with van der Waals surface area (Å²) in [4.78, 5) is 23.2. The first kappa shape index (κ1) is 15.1. The van der Waals surface area contributed by atoms with E-state index in [4.69, 9.17) is 4.74 Å². The zero-order chi connectivity index (χ0) is 16.4. The Kier molecular flexibility index (Phi) is 3.78. The van der Waals surface area contributed by atoms with Crippen LogP contribution in [0.3, 0.4) is 0 Å². The summed E-state index contributed by atoms with van der Waals surface area (Å²) in [5, 5.41) is 4.89. The highest BCUT2D eigenvalue weighted by molar-refractivity contribution is 6.07. The van der Waals surface area contributed by atoms with E-state index in [1.54, 1.807) is 31.2 Å². The molecule has 0 aromatic heterocycles. The topological polar surface area (TPSA) is 67.4 Å². The highest BCUT2D eigenvalue weighted by Gasteiger charge is 2.43. The number of hydrogen-bond donors (Lipinski definition) is 2. The van der Waals surface area contributed by atoms with E-state index in [1.807, 2.05) is 31.2 Å². The molecule has 3 rings (SSSR count). The monoisotopic (exact) mass is 310 g/mol. The maximum Gasteiger partial charge on any atom is 0.322 e. The Morgan fingerprint density at radius 2 is 1.65 bits per heavy atom. The average Bonchev–Trinajstić information content (AvgIpc) is 2.81. The number of amides is 3. The number of ether oxygens (including phenoxy) is 1. The lowest BCUT2D eigenvalue weighted by atomic mass is 9.92. The van der Waals surface area contributed by atoms with Crippen LogP contribution in [-0.2, 0) is 16.9 Å². The standard InChI is InChI=1S/C18H18N2O3/c1-12-3-5-13(6-4-12)11-23-15-9-7-14(8-10-15)18(2)16(21)19-17(22)20-18/h3-10H,11H2,1-2H3,(H2,19,20,21,22)/t18-/m0/s1. The Bertz CT molecular complexity index is 738. The summed E-state index contributed by atoms with van der Waals surface area (Å²) in [7, 11) is 0. The van der Waals surface area contributed by atoms with Gasteiger partial charge >= 0.3 is 6.03 Å². The van der Waals surface area contributed by atoms with E-state index in [1.165, 1.54) is 5.56 Å². The highest BCUT2D eigenvalue weighted by Crippen LogP contribution is 2.26. The number of benzene rings is 2. The van der Waals surface area contributed by atoms with Crippen LogP contribution in [0.15, 0.2) is 48.5 Å². The van der Waals surface area contributed by atoms with Gasteiger partial charge in [0.2, 0.25) is 0 Å². The predicted molar refractivity (Wildman–Crippen MR) is 86.0 cm³/mol. The molecule has 1 aliphatic rings. The van der Waals surface area contributed by atoms with E-state index in [-0.39, 0.29) is 5.91 Å². The second-order valence-corrected chi connectivity index (χ2v) is 5.83. The Morgan fingerprint density at radius 1 is 1.00 bits per heavy atom. The van der Waals surface area contributed by atoms with Gasteiger partial charge in [-0.25, -0.2) is 4.79 Å². The minimum atomic E-state index is -1.04. The molecule has 5 nitrogen and oxygen atoms in total. The molecule has 0 saturated carbocycles. The molecule has 2 aromatic rings. The average molecular weight is 310 g/mol. The molecule has 2 aromatic carbocycles. The molecule has 1 aliphatic heterocycles. The smallest absolute Gasteiger partial charge is 0.322 e. The van der Waals surface area contributed by atoms with Crippen molar-refractivity contribution in [3.63, 3.8) is 0 Å². The molecule has 118 valence electrons. The van der Waals surface area contributed by atoms with Crippen molar-refractivity contribution in [3.8, 4) is 5.75 Å². The molecule has 1 heterocycles. The highest BCUT2D eigenvalue weighted by atomic mass is 16.5. The molecule has 0 radical (unpaired) electrons. The van der Waals surface area contributed by atoms with Crippen molar-refractivity contribution in [2.24, 2.45) is 0 Å². The Labute approximate surface area is 134 Å². The Morgan fingerprint density at radius 3 is 2.22 bits per heavy atom. The summed E-state index contributed by atoms with van der Waals surface area (Å²) in [5.74, 6) is 0.360. The Balaban J connectivity index is 1.69. The summed E-state index contributed by atoms with van der Waals surface area (Å²) in [5.41, 5.74) is 1.98. The van der Waals surface area contributed by atoms with Crippen LogP contribution in [0.2, 0.25) is 0 Å². The van der Waals surface area contributed by atoms with E-state index in [2.05, 4.69) is 10.6 Å². The van der Waals surface area contributed by atoms with Crippen molar-refractivity contribution in [1.82, 2.24) is 10.6 Å². The molecule has 2 N–H and O–H groups in total. The third-order valence-corrected chi connectivity index (χ3v) is 4.00. The molecular formula is C18H18N2O3.